The van der Waals surface area contributed by atoms with E-state index in [2.05, 4.69) is 13.0 Å². The molecule has 0 saturated heterocycles. The third-order valence-corrected chi connectivity index (χ3v) is 3.16. The number of methoxy groups -OCH3 is 1. The first-order valence-electron chi connectivity index (χ1n) is 6.50. The first-order valence-corrected chi connectivity index (χ1v) is 6.50. The van der Waals surface area contributed by atoms with Gasteiger partial charge in [-0.15, -0.1) is 0 Å². The quantitative estimate of drug-likeness (QED) is 0.705. The topological polar surface area (TPSA) is 31.6 Å². The molecule has 0 saturated carbocycles. The van der Waals surface area contributed by atoms with Crippen LogP contribution in [0, 0.1) is 6.92 Å². The minimum atomic E-state index is 0.417. The van der Waals surface area contributed by atoms with E-state index in [1.54, 1.807) is 7.11 Å². The van der Waals surface area contributed by atoms with Gasteiger partial charge in [-0.3, -0.25) is 0 Å². The van der Waals surface area contributed by atoms with E-state index in [9.17, 15) is 0 Å². The minimum absolute atomic E-state index is 0.417. The summed E-state index contributed by atoms with van der Waals surface area (Å²) < 4.78 is 16.6. The molecule has 3 aromatic rings. The summed E-state index contributed by atoms with van der Waals surface area (Å²) in [4.78, 5) is 0. The molecule has 3 rings (SSSR count). The summed E-state index contributed by atoms with van der Waals surface area (Å²) >= 11 is 0. The first kappa shape index (κ1) is 12.6. The molecule has 0 radical (unpaired) electrons. The van der Waals surface area contributed by atoms with Crippen LogP contribution in [0.15, 0.2) is 52.9 Å². The number of aryl methyl sites for hydroxylation is 1. The fraction of sp³-hybridized carbons (Fsp3) is 0.176. The van der Waals surface area contributed by atoms with Crippen LogP contribution in [0.25, 0.3) is 11.0 Å². The Morgan fingerprint density at radius 1 is 0.950 bits per heavy atom. The van der Waals surface area contributed by atoms with Crippen molar-refractivity contribution in [3.05, 3.63) is 59.9 Å². The number of ether oxygens (including phenoxy) is 2. The molecule has 0 aliphatic heterocycles. The molecule has 0 aliphatic rings. The lowest BCUT2D eigenvalue weighted by Crippen LogP contribution is -1.93. The highest BCUT2D eigenvalue weighted by Crippen LogP contribution is 2.23. The van der Waals surface area contributed by atoms with Gasteiger partial charge in [0.05, 0.1) is 7.11 Å². The second-order valence-electron chi connectivity index (χ2n) is 4.72. The molecule has 3 nitrogen and oxygen atoms in total. The van der Waals surface area contributed by atoms with Crippen molar-refractivity contribution in [2.75, 3.05) is 7.11 Å². The molecule has 0 spiro atoms. The number of furan rings is 1. The summed E-state index contributed by atoms with van der Waals surface area (Å²) in [6.07, 6.45) is 0. The van der Waals surface area contributed by atoms with E-state index in [1.165, 1.54) is 5.56 Å². The first-order chi connectivity index (χ1) is 9.74. The van der Waals surface area contributed by atoms with Crippen LogP contribution in [0.2, 0.25) is 0 Å². The number of fused-ring (bicyclic) bond motifs is 1. The Hall–Kier alpha value is -2.42. The molecule has 0 fully saturated rings. The van der Waals surface area contributed by atoms with Gasteiger partial charge >= 0.3 is 0 Å². The second-order valence-corrected chi connectivity index (χ2v) is 4.72. The van der Waals surface area contributed by atoms with E-state index >= 15 is 0 Å². The van der Waals surface area contributed by atoms with Crippen molar-refractivity contribution in [1.29, 1.82) is 0 Å². The summed E-state index contributed by atoms with van der Waals surface area (Å²) in [6, 6.07) is 15.7. The van der Waals surface area contributed by atoms with Crippen LogP contribution in [-0.2, 0) is 6.61 Å². The lowest BCUT2D eigenvalue weighted by Gasteiger charge is -2.05. The van der Waals surface area contributed by atoms with Gasteiger partial charge in [0.1, 0.15) is 29.4 Å². The normalized spacial score (nSPS) is 10.7. The predicted octanol–water partition coefficient (Wildman–Crippen LogP) is 4.33. The van der Waals surface area contributed by atoms with Crippen molar-refractivity contribution < 1.29 is 13.9 Å². The summed E-state index contributed by atoms with van der Waals surface area (Å²) in [5.41, 5.74) is 2.12. The molecule has 3 heteroatoms. The molecule has 102 valence electrons. The number of benzene rings is 2. The SMILES string of the molecule is COc1ccc(OCc2cc3cc(C)ccc3o2)cc1. The molecule has 0 bridgehead atoms. The maximum atomic E-state index is 5.74. The summed E-state index contributed by atoms with van der Waals surface area (Å²) in [5.74, 6) is 2.43. The highest BCUT2D eigenvalue weighted by molar-refractivity contribution is 5.78. The Morgan fingerprint density at radius 2 is 1.70 bits per heavy atom. The van der Waals surface area contributed by atoms with Crippen LogP contribution in [-0.4, -0.2) is 7.11 Å². The highest BCUT2D eigenvalue weighted by atomic mass is 16.5. The third kappa shape index (κ3) is 2.62. The van der Waals surface area contributed by atoms with Crippen LogP contribution >= 0.6 is 0 Å². The average Bonchev–Trinajstić information content (AvgIpc) is 2.87. The third-order valence-electron chi connectivity index (χ3n) is 3.16. The van der Waals surface area contributed by atoms with Crippen LogP contribution in [0.3, 0.4) is 0 Å². The van der Waals surface area contributed by atoms with Crippen LogP contribution < -0.4 is 9.47 Å². The van der Waals surface area contributed by atoms with Crippen LogP contribution in [0.5, 0.6) is 11.5 Å². The molecular formula is C17H16O3. The minimum Gasteiger partial charge on any atom is -0.497 e. The molecule has 1 heterocycles. The number of hydrogen-bond donors (Lipinski definition) is 0. The lowest BCUT2D eigenvalue weighted by atomic mass is 10.2. The molecule has 20 heavy (non-hydrogen) atoms. The molecule has 0 aliphatic carbocycles. The smallest absolute Gasteiger partial charge is 0.146 e. The van der Waals surface area contributed by atoms with Crippen molar-refractivity contribution in [3.63, 3.8) is 0 Å². The number of rotatable bonds is 4. The Morgan fingerprint density at radius 3 is 2.45 bits per heavy atom. The van der Waals surface area contributed by atoms with Gasteiger partial charge < -0.3 is 13.9 Å². The molecule has 0 atom stereocenters. The maximum absolute atomic E-state index is 5.74. The molecule has 0 N–H and O–H groups in total. The lowest BCUT2D eigenvalue weighted by molar-refractivity contribution is 0.274. The van der Waals surface area contributed by atoms with E-state index < -0.39 is 0 Å². The van der Waals surface area contributed by atoms with Gasteiger partial charge in [0.25, 0.3) is 0 Å². The fourth-order valence-electron chi connectivity index (χ4n) is 2.12. The van der Waals surface area contributed by atoms with Crippen molar-refractivity contribution >= 4 is 11.0 Å². The van der Waals surface area contributed by atoms with Crippen molar-refractivity contribution in [2.45, 2.75) is 13.5 Å². The van der Waals surface area contributed by atoms with Gasteiger partial charge in [0.2, 0.25) is 0 Å². The van der Waals surface area contributed by atoms with Gasteiger partial charge in [0, 0.05) is 5.39 Å². The van der Waals surface area contributed by atoms with Crippen molar-refractivity contribution in [1.82, 2.24) is 0 Å². The summed E-state index contributed by atoms with van der Waals surface area (Å²) in [5, 5.41) is 1.11. The second kappa shape index (κ2) is 5.29. The maximum Gasteiger partial charge on any atom is 0.146 e. The average molecular weight is 268 g/mol. The van der Waals surface area contributed by atoms with E-state index in [1.807, 2.05) is 42.5 Å². The Balaban J connectivity index is 1.72. The van der Waals surface area contributed by atoms with Gasteiger partial charge in [-0.05, 0) is 49.4 Å². The molecule has 1 aromatic heterocycles. The largest absolute Gasteiger partial charge is 0.497 e. The summed E-state index contributed by atoms with van der Waals surface area (Å²) in [7, 11) is 1.65. The molecule has 0 amide bonds. The van der Waals surface area contributed by atoms with E-state index in [0.29, 0.717) is 6.61 Å². The molecule has 0 unspecified atom stereocenters. The number of hydrogen-bond acceptors (Lipinski definition) is 3. The Labute approximate surface area is 117 Å². The van der Waals surface area contributed by atoms with Crippen molar-refractivity contribution in [2.24, 2.45) is 0 Å². The fourth-order valence-corrected chi connectivity index (χ4v) is 2.12. The van der Waals surface area contributed by atoms with Gasteiger partial charge in [0.15, 0.2) is 0 Å². The van der Waals surface area contributed by atoms with E-state index in [-0.39, 0.29) is 0 Å². The Kier molecular flexibility index (Phi) is 3.33. The monoisotopic (exact) mass is 268 g/mol. The predicted molar refractivity (Wildman–Crippen MR) is 78.3 cm³/mol. The van der Waals surface area contributed by atoms with Gasteiger partial charge in [-0.25, -0.2) is 0 Å². The zero-order valence-electron chi connectivity index (χ0n) is 11.6. The molecular weight excluding hydrogens is 252 g/mol. The van der Waals surface area contributed by atoms with E-state index in [4.69, 9.17) is 13.9 Å². The van der Waals surface area contributed by atoms with Crippen LogP contribution in [0.1, 0.15) is 11.3 Å². The van der Waals surface area contributed by atoms with Crippen molar-refractivity contribution in [3.8, 4) is 11.5 Å². The van der Waals surface area contributed by atoms with Gasteiger partial charge in [-0.2, -0.15) is 0 Å². The zero-order chi connectivity index (χ0) is 13.9. The van der Waals surface area contributed by atoms with E-state index in [0.717, 1.165) is 28.2 Å². The molecule has 2 aromatic carbocycles. The zero-order valence-corrected chi connectivity index (χ0v) is 11.6. The highest BCUT2D eigenvalue weighted by Gasteiger charge is 2.05. The Bertz CT molecular complexity index is 711. The standard InChI is InChI=1S/C17H16O3/c1-12-3-8-17-13(9-12)10-16(20-17)11-19-15-6-4-14(18-2)5-7-15/h3-10H,11H2,1-2H3. The summed E-state index contributed by atoms with van der Waals surface area (Å²) in [6.45, 7) is 2.49. The van der Waals surface area contributed by atoms with Crippen LogP contribution in [0.4, 0.5) is 0 Å². The van der Waals surface area contributed by atoms with Gasteiger partial charge in [-0.1, -0.05) is 11.6 Å².